The van der Waals surface area contributed by atoms with Crippen LogP contribution in [0.2, 0.25) is 0 Å². The Morgan fingerprint density at radius 3 is 2.67 bits per heavy atom. The second-order valence-electron chi connectivity index (χ2n) is 4.08. The van der Waals surface area contributed by atoms with Gasteiger partial charge in [0, 0.05) is 11.8 Å². The van der Waals surface area contributed by atoms with Crippen LogP contribution in [0.3, 0.4) is 0 Å². The lowest BCUT2D eigenvalue weighted by Gasteiger charge is -2.23. The molecule has 0 aromatic carbocycles. The Bertz CT molecular complexity index is 199. The van der Waals surface area contributed by atoms with Crippen LogP contribution in [0.25, 0.3) is 0 Å². The monoisotopic (exact) mass is 166 g/mol. The fourth-order valence-electron chi connectivity index (χ4n) is 1.86. The number of hydrogen-bond acceptors (Lipinski definition) is 1. The molecule has 0 heterocycles. The minimum Gasteiger partial charge on any atom is -0.299 e. The second kappa shape index (κ2) is 3.88. The summed E-state index contributed by atoms with van der Waals surface area (Å²) in [5, 5.41) is 0. The van der Waals surface area contributed by atoms with Crippen LogP contribution in [0.15, 0.2) is 11.6 Å². The van der Waals surface area contributed by atoms with Crippen molar-refractivity contribution < 1.29 is 4.79 Å². The van der Waals surface area contributed by atoms with Gasteiger partial charge < -0.3 is 0 Å². The van der Waals surface area contributed by atoms with Gasteiger partial charge in [-0.25, -0.2) is 0 Å². The number of hydrogen-bond donors (Lipinski definition) is 0. The first kappa shape index (κ1) is 9.50. The van der Waals surface area contributed by atoms with Crippen molar-refractivity contribution in [1.82, 2.24) is 0 Å². The Morgan fingerprint density at radius 2 is 2.08 bits per heavy atom. The van der Waals surface area contributed by atoms with Gasteiger partial charge in [0.1, 0.15) is 5.78 Å². The number of ketones is 1. The van der Waals surface area contributed by atoms with Crippen molar-refractivity contribution >= 4 is 5.78 Å². The number of rotatable bonds is 1. The molecule has 1 aliphatic carbocycles. The van der Waals surface area contributed by atoms with Gasteiger partial charge in [0.2, 0.25) is 0 Å². The summed E-state index contributed by atoms with van der Waals surface area (Å²) in [7, 11) is 0. The van der Waals surface area contributed by atoms with Crippen molar-refractivity contribution in [2.24, 2.45) is 11.8 Å². The van der Waals surface area contributed by atoms with Crippen LogP contribution >= 0.6 is 0 Å². The highest BCUT2D eigenvalue weighted by Crippen LogP contribution is 2.26. The molecule has 2 atom stereocenters. The highest BCUT2D eigenvalue weighted by molar-refractivity contribution is 5.85. The van der Waals surface area contributed by atoms with Crippen LogP contribution in [-0.2, 0) is 4.79 Å². The highest BCUT2D eigenvalue weighted by atomic mass is 16.1. The standard InChI is InChI=1S/C11H18O/c1-8(2)7-10-6-4-5-9(3)11(10)12/h7,9-10H,4-6H2,1-3H3. The van der Waals surface area contributed by atoms with E-state index in [1.54, 1.807) is 0 Å². The van der Waals surface area contributed by atoms with Crippen LogP contribution in [0.4, 0.5) is 0 Å². The molecule has 1 saturated carbocycles. The molecule has 0 radical (unpaired) electrons. The van der Waals surface area contributed by atoms with E-state index >= 15 is 0 Å². The average molecular weight is 166 g/mol. The first-order valence-electron chi connectivity index (χ1n) is 4.80. The molecule has 0 aromatic heterocycles. The van der Waals surface area contributed by atoms with Crippen LogP contribution < -0.4 is 0 Å². The summed E-state index contributed by atoms with van der Waals surface area (Å²) in [6, 6.07) is 0. The summed E-state index contributed by atoms with van der Waals surface area (Å²) in [5.41, 5.74) is 1.27. The minimum absolute atomic E-state index is 0.221. The van der Waals surface area contributed by atoms with E-state index in [4.69, 9.17) is 0 Å². The molecule has 1 aliphatic rings. The molecule has 0 saturated heterocycles. The average Bonchev–Trinajstić information content (AvgIpc) is 1.98. The van der Waals surface area contributed by atoms with Crippen molar-refractivity contribution in [3.63, 3.8) is 0 Å². The number of Topliss-reactive ketones (excluding diaryl/α,β-unsaturated/α-hetero) is 1. The lowest BCUT2D eigenvalue weighted by Crippen LogP contribution is -2.25. The number of allylic oxidation sites excluding steroid dienone is 2. The lowest BCUT2D eigenvalue weighted by molar-refractivity contribution is -0.126. The third-order valence-electron chi connectivity index (χ3n) is 2.54. The van der Waals surface area contributed by atoms with E-state index in [9.17, 15) is 4.79 Å². The largest absolute Gasteiger partial charge is 0.299 e. The van der Waals surface area contributed by atoms with Crippen LogP contribution in [-0.4, -0.2) is 5.78 Å². The summed E-state index contributed by atoms with van der Waals surface area (Å²) in [6.07, 6.45) is 5.49. The topological polar surface area (TPSA) is 17.1 Å². The Kier molecular flexibility index (Phi) is 3.07. The Balaban J connectivity index is 2.64. The minimum atomic E-state index is 0.221. The van der Waals surface area contributed by atoms with E-state index in [2.05, 4.69) is 19.9 Å². The summed E-state index contributed by atoms with van der Waals surface area (Å²) < 4.78 is 0. The maximum atomic E-state index is 11.6. The second-order valence-corrected chi connectivity index (χ2v) is 4.08. The van der Waals surface area contributed by atoms with Gasteiger partial charge >= 0.3 is 0 Å². The fraction of sp³-hybridized carbons (Fsp3) is 0.727. The zero-order valence-electron chi connectivity index (χ0n) is 8.26. The van der Waals surface area contributed by atoms with Gasteiger partial charge in [0.25, 0.3) is 0 Å². The third-order valence-corrected chi connectivity index (χ3v) is 2.54. The molecule has 0 N–H and O–H groups in total. The Hall–Kier alpha value is -0.590. The van der Waals surface area contributed by atoms with Crippen LogP contribution in [0.1, 0.15) is 40.0 Å². The van der Waals surface area contributed by atoms with Gasteiger partial charge in [0.15, 0.2) is 0 Å². The van der Waals surface area contributed by atoms with Gasteiger partial charge in [-0.3, -0.25) is 4.79 Å². The van der Waals surface area contributed by atoms with Gasteiger partial charge in [-0.2, -0.15) is 0 Å². The molecule has 0 spiro atoms. The van der Waals surface area contributed by atoms with Gasteiger partial charge in [-0.05, 0) is 26.7 Å². The molecular weight excluding hydrogens is 148 g/mol. The molecule has 1 fully saturated rings. The first-order valence-corrected chi connectivity index (χ1v) is 4.80. The SMILES string of the molecule is CC(C)=CC1CCCC(C)C1=O. The molecule has 0 aliphatic heterocycles. The summed E-state index contributed by atoms with van der Waals surface area (Å²) in [4.78, 5) is 11.6. The molecule has 0 bridgehead atoms. The molecule has 12 heavy (non-hydrogen) atoms. The van der Waals surface area contributed by atoms with Crippen molar-refractivity contribution in [1.29, 1.82) is 0 Å². The maximum absolute atomic E-state index is 11.6. The number of carbonyl (C=O) groups is 1. The van der Waals surface area contributed by atoms with E-state index in [0.717, 1.165) is 12.8 Å². The van der Waals surface area contributed by atoms with Gasteiger partial charge in [0.05, 0.1) is 0 Å². The van der Waals surface area contributed by atoms with E-state index in [1.807, 2.05) is 6.92 Å². The summed E-state index contributed by atoms with van der Waals surface area (Å²) >= 11 is 0. The summed E-state index contributed by atoms with van der Waals surface area (Å²) in [5.74, 6) is 0.959. The summed E-state index contributed by atoms with van der Waals surface area (Å²) in [6.45, 7) is 6.17. The predicted molar refractivity (Wildman–Crippen MR) is 50.9 cm³/mol. The molecule has 0 amide bonds. The van der Waals surface area contributed by atoms with Crippen LogP contribution in [0, 0.1) is 11.8 Å². The quantitative estimate of drug-likeness (QED) is 0.547. The van der Waals surface area contributed by atoms with E-state index < -0.39 is 0 Å². The van der Waals surface area contributed by atoms with E-state index in [1.165, 1.54) is 12.0 Å². The first-order chi connectivity index (χ1) is 5.61. The zero-order valence-corrected chi connectivity index (χ0v) is 8.26. The number of carbonyl (C=O) groups excluding carboxylic acids is 1. The fourth-order valence-corrected chi connectivity index (χ4v) is 1.86. The predicted octanol–water partition coefficient (Wildman–Crippen LogP) is 2.96. The lowest BCUT2D eigenvalue weighted by atomic mass is 9.80. The van der Waals surface area contributed by atoms with Gasteiger partial charge in [-0.15, -0.1) is 0 Å². The highest BCUT2D eigenvalue weighted by Gasteiger charge is 2.25. The molecule has 1 heteroatoms. The molecule has 68 valence electrons. The van der Waals surface area contributed by atoms with Gasteiger partial charge in [-0.1, -0.05) is 25.0 Å². The van der Waals surface area contributed by atoms with E-state index in [0.29, 0.717) is 11.7 Å². The molecule has 0 aromatic rings. The van der Waals surface area contributed by atoms with Crippen molar-refractivity contribution in [2.75, 3.05) is 0 Å². The molecule has 2 unspecified atom stereocenters. The molecular formula is C11H18O. The maximum Gasteiger partial charge on any atom is 0.142 e. The normalized spacial score (nSPS) is 30.1. The smallest absolute Gasteiger partial charge is 0.142 e. The molecule has 1 rings (SSSR count). The zero-order chi connectivity index (χ0) is 9.14. The van der Waals surface area contributed by atoms with Crippen molar-refractivity contribution in [3.05, 3.63) is 11.6 Å². The third kappa shape index (κ3) is 2.20. The van der Waals surface area contributed by atoms with Crippen molar-refractivity contribution in [3.8, 4) is 0 Å². The Labute approximate surface area is 74.9 Å². The van der Waals surface area contributed by atoms with Crippen LogP contribution in [0.5, 0.6) is 0 Å². The van der Waals surface area contributed by atoms with Crippen molar-refractivity contribution in [2.45, 2.75) is 40.0 Å². The molecule has 1 nitrogen and oxygen atoms in total. The Morgan fingerprint density at radius 1 is 1.42 bits per heavy atom. The van der Waals surface area contributed by atoms with E-state index in [-0.39, 0.29) is 5.92 Å².